The molecule has 3 aromatic rings. The van der Waals surface area contributed by atoms with Crippen LogP contribution in [0, 0.1) is 0 Å². The maximum Gasteiger partial charge on any atom is 0.180 e. The lowest BCUT2D eigenvalue weighted by atomic mass is 10.1. The second-order valence-electron chi connectivity index (χ2n) is 4.84. The Labute approximate surface area is 124 Å². The molecule has 98 valence electrons. The van der Waals surface area contributed by atoms with Crippen LogP contribution in [0.3, 0.4) is 0 Å². The maximum absolute atomic E-state index is 4.60. The fourth-order valence-electron chi connectivity index (χ4n) is 2.55. The van der Waals surface area contributed by atoms with E-state index in [-0.39, 0.29) is 0 Å². The van der Waals surface area contributed by atoms with Crippen LogP contribution < -0.4 is 4.90 Å². The molecule has 1 aromatic carbocycles. The van der Waals surface area contributed by atoms with Crippen molar-refractivity contribution in [2.24, 2.45) is 0 Å². The van der Waals surface area contributed by atoms with E-state index < -0.39 is 0 Å². The fraction of sp³-hybridized carbons (Fsp3) is 0.133. The van der Waals surface area contributed by atoms with Crippen LogP contribution in [0.5, 0.6) is 0 Å². The Morgan fingerprint density at radius 2 is 1.80 bits per heavy atom. The number of fused-ring (bicyclic) bond motifs is 2. The van der Waals surface area contributed by atoms with Gasteiger partial charge in [-0.15, -0.1) is 0 Å². The van der Waals surface area contributed by atoms with Gasteiger partial charge in [-0.25, -0.2) is 9.97 Å². The molecule has 0 fully saturated rings. The molecule has 2 aromatic heterocycles. The molecule has 0 radical (unpaired) electrons. The van der Waals surface area contributed by atoms with Crippen LogP contribution in [-0.2, 0) is 13.1 Å². The summed E-state index contributed by atoms with van der Waals surface area (Å²) in [4.78, 5) is 15.4. The average molecular weight is 327 g/mol. The minimum Gasteiger partial charge on any atom is -0.348 e. The van der Waals surface area contributed by atoms with Crippen LogP contribution in [0.1, 0.15) is 11.1 Å². The standard InChI is InChI=1S/C15H11BrN4/c16-12-2-1-10-8-20(9-11(10)7-12)14-4-3-13-15(19-14)18-6-5-17-13/h1-7H,8-9H2. The molecular formula is C15H11BrN4. The predicted molar refractivity (Wildman–Crippen MR) is 81.4 cm³/mol. The van der Waals surface area contributed by atoms with Crippen LogP contribution in [0.2, 0.25) is 0 Å². The molecule has 0 atom stereocenters. The van der Waals surface area contributed by atoms with Gasteiger partial charge in [0, 0.05) is 30.0 Å². The first-order chi connectivity index (χ1) is 9.79. The van der Waals surface area contributed by atoms with Gasteiger partial charge in [0.2, 0.25) is 0 Å². The third kappa shape index (κ3) is 1.94. The molecule has 0 saturated carbocycles. The van der Waals surface area contributed by atoms with Gasteiger partial charge in [0.25, 0.3) is 0 Å². The lowest BCUT2D eigenvalue weighted by molar-refractivity contribution is 0.859. The fourth-order valence-corrected chi connectivity index (χ4v) is 2.95. The average Bonchev–Trinajstić information content (AvgIpc) is 2.89. The Kier molecular flexibility index (Phi) is 2.67. The summed E-state index contributed by atoms with van der Waals surface area (Å²) in [5.41, 5.74) is 4.23. The van der Waals surface area contributed by atoms with Gasteiger partial charge >= 0.3 is 0 Å². The minimum atomic E-state index is 0.696. The van der Waals surface area contributed by atoms with E-state index in [1.54, 1.807) is 12.4 Å². The summed E-state index contributed by atoms with van der Waals surface area (Å²) >= 11 is 3.52. The molecule has 5 heteroatoms. The van der Waals surface area contributed by atoms with Gasteiger partial charge in [0.1, 0.15) is 11.3 Å². The topological polar surface area (TPSA) is 41.9 Å². The molecule has 1 aliphatic heterocycles. The minimum absolute atomic E-state index is 0.696. The van der Waals surface area contributed by atoms with Crippen molar-refractivity contribution in [3.63, 3.8) is 0 Å². The van der Waals surface area contributed by atoms with Crippen molar-refractivity contribution in [2.75, 3.05) is 4.90 Å². The van der Waals surface area contributed by atoms with Gasteiger partial charge < -0.3 is 4.90 Å². The van der Waals surface area contributed by atoms with Crippen molar-refractivity contribution in [2.45, 2.75) is 13.1 Å². The highest BCUT2D eigenvalue weighted by atomic mass is 79.9. The summed E-state index contributed by atoms with van der Waals surface area (Å²) in [6.07, 6.45) is 3.36. The third-order valence-corrected chi connectivity index (χ3v) is 4.02. The highest BCUT2D eigenvalue weighted by Crippen LogP contribution is 2.29. The Bertz CT molecular complexity index is 803. The molecule has 0 unspecified atom stereocenters. The van der Waals surface area contributed by atoms with Crippen molar-refractivity contribution >= 4 is 32.9 Å². The molecule has 4 rings (SSSR count). The molecule has 0 amide bonds. The van der Waals surface area contributed by atoms with Gasteiger partial charge in [-0.3, -0.25) is 4.98 Å². The van der Waals surface area contributed by atoms with Crippen LogP contribution in [0.25, 0.3) is 11.2 Å². The number of halogens is 1. The zero-order valence-electron chi connectivity index (χ0n) is 10.6. The van der Waals surface area contributed by atoms with Crippen molar-refractivity contribution in [3.05, 3.63) is 58.3 Å². The van der Waals surface area contributed by atoms with E-state index in [1.807, 2.05) is 12.1 Å². The second kappa shape index (κ2) is 4.52. The van der Waals surface area contributed by atoms with Gasteiger partial charge in [0.05, 0.1) is 0 Å². The number of benzene rings is 1. The lowest BCUT2D eigenvalue weighted by Gasteiger charge is -2.16. The van der Waals surface area contributed by atoms with Crippen LogP contribution in [0.4, 0.5) is 5.82 Å². The van der Waals surface area contributed by atoms with Gasteiger partial charge in [-0.05, 0) is 35.4 Å². The van der Waals surface area contributed by atoms with Gasteiger partial charge in [-0.1, -0.05) is 22.0 Å². The Morgan fingerprint density at radius 1 is 0.950 bits per heavy atom. The molecule has 0 saturated heterocycles. The van der Waals surface area contributed by atoms with Crippen LogP contribution in [0.15, 0.2) is 47.2 Å². The number of pyridine rings is 1. The first kappa shape index (κ1) is 11.8. The van der Waals surface area contributed by atoms with E-state index in [2.05, 4.69) is 54.0 Å². The normalized spacial score (nSPS) is 13.8. The lowest BCUT2D eigenvalue weighted by Crippen LogP contribution is -2.16. The predicted octanol–water partition coefficient (Wildman–Crippen LogP) is 3.31. The summed E-state index contributed by atoms with van der Waals surface area (Å²) in [6, 6.07) is 10.4. The van der Waals surface area contributed by atoms with E-state index in [9.17, 15) is 0 Å². The number of aromatic nitrogens is 3. The highest BCUT2D eigenvalue weighted by Gasteiger charge is 2.20. The molecule has 0 spiro atoms. The zero-order valence-corrected chi connectivity index (χ0v) is 12.2. The van der Waals surface area contributed by atoms with E-state index in [0.717, 1.165) is 28.9 Å². The number of rotatable bonds is 1. The largest absolute Gasteiger partial charge is 0.348 e. The SMILES string of the molecule is Brc1ccc2c(c1)CN(c1ccc3nccnc3n1)C2. The molecule has 0 bridgehead atoms. The maximum atomic E-state index is 4.60. The first-order valence-electron chi connectivity index (χ1n) is 6.40. The summed E-state index contributed by atoms with van der Waals surface area (Å²) in [5.74, 6) is 0.949. The highest BCUT2D eigenvalue weighted by molar-refractivity contribution is 9.10. The summed E-state index contributed by atoms with van der Waals surface area (Å²) in [5, 5.41) is 0. The quantitative estimate of drug-likeness (QED) is 0.688. The van der Waals surface area contributed by atoms with E-state index in [4.69, 9.17) is 0 Å². The van der Waals surface area contributed by atoms with Crippen molar-refractivity contribution < 1.29 is 0 Å². The Balaban J connectivity index is 1.71. The molecule has 20 heavy (non-hydrogen) atoms. The Morgan fingerprint density at radius 3 is 2.75 bits per heavy atom. The van der Waals surface area contributed by atoms with Crippen molar-refractivity contribution in [1.82, 2.24) is 15.0 Å². The van der Waals surface area contributed by atoms with E-state index in [0.29, 0.717) is 5.65 Å². The molecule has 4 nitrogen and oxygen atoms in total. The molecule has 1 aliphatic rings. The smallest absolute Gasteiger partial charge is 0.180 e. The van der Waals surface area contributed by atoms with E-state index >= 15 is 0 Å². The van der Waals surface area contributed by atoms with Crippen LogP contribution in [-0.4, -0.2) is 15.0 Å². The second-order valence-corrected chi connectivity index (χ2v) is 5.75. The third-order valence-electron chi connectivity index (χ3n) is 3.53. The number of hydrogen-bond donors (Lipinski definition) is 0. The molecule has 0 N–H and O–H groups in total. The molecule has 0 aliphatic carbocycles. The molecule has 3 heterocycles. The Hall–Kier alpha value is -2.01. The van der Waals surface area contributed by atoms with Gasteiger partial charge in [0.15, 0.2) is 5.65 Å². The summed E-state index contributed by atoms with van der Waals surface area (Å²) in [7, 11) is 0. The molecular weight excluding hydrogens is 316 g/mol. The number of hydrogen-bond acceptors (Lipinski definition) is 4. The number of anilines is 1. The summed E-state index contributed by atoms with van der Waals surface area (Å²) in [6.45, 7) is 1.77. The number of nitrogens with zero attached hydrogens (tertiary/aromatic N) is 4. The monoisotopic (exact) mass is 326 g/mol. The van der Waals surface area contributed by atoms with Crippen molar-refractivity contribution in [3.8, 4) is 0 Å². The van der Waals surface area contributed by atoms with Gasteiger partial charge in [-0.2, -0.15) is 0 Å². The van der Waals surface area contributed by atoms with Crippen LogP contribution >= 0.6 is 15.9 Å². The first-order valence-corrected chi connectivity index (χ1v) is 7.19. The summed E-state index contributed by atoms with van der Waals surface area (Å²) < 4.78 is 1.12. The van der Waals surface area contributed by atoms with Crippen molar-refractivity contribution in [1.29, 1.82) is 0 Å². The van der Waals surface area contributed by atoms with E-state index in [1.165, 1.54) is 11.1 Å². The zero-order chi connectivity index (χ0) is 13.5.